The lowest BCUT2D eigenvalue weighted by molar-refractivity contribution is 0.338. The van der Waals surface area contributed by atoms with E-state index >= 15 is 0 Å². The maximum atomic E-state index is 12.9. The largest absolute Gasteiger partial charge is 0.361 e. The molecule has 3 rings (SSSR count). The molecular weight excluding hydrogens is 380 g/mol. The molecule has 2 heterocycles. The van der Waals surface area contributed by atoms with Crippen molar-refractivity contribution in [2.24, 2.45) is 0 Å². The number of sulfonamides is 1. The zero-order valence-corrected chi connectivity index (χ0v) is 15.5. The van der Waals surface area contributed by atoms with Crippen LogP contribution in [0.15, 0.2) is 44.2 Å². The zero-order chi connectivity index (χ0) is 16.6. The van der Waals surface area contributed by atoms with Crippen LogP contribution in [0.4, 0.5) is 0 Å². The molecule has 0 N–H and O–H groups in total. The lowest BCUT2D eigenvalue weighted by Crippen LogP contribution is -2.30. The van der Waals surface area contributed by atoms with Crippen molar-refractivity contribution in [3.8, 4) is 0 Å². The molecule has 7 heteroatoms. The summed E-state index contributed by atoms with van der Waals surface area (Å²) in [7, 11) is -3.53. The van der Waals surface area contributed by atoms with Crippen LogP contribution in [-0.4, -0.2) is 24.4 Å². The minimum atomic E-state index is -3.53. The fourth-order valence-electron chi connectivity index (χ4n) is 2.80. The fourth-order valence-corrected chi connectivity index (χ4v) is 4.73. The summed E-state index contributed by atoms with van der Waals surface area (Å²) in [4.78, 5) is 0.306. The summed E-state index contributed by atoms with van der Waals surface area (Å²) in [5.74, 6) is 1.02. The van der Waals surface area contributed by atoms with Crippen LogP contribution in [0.5, 0.6) is 0 Å². The van der Waals surface area contributed by atoms with Gasteiger partial charge in [0.25, 0.3) is 0 Å². The number of nitrogens with zero attached hydrogens (tertiary/aromatic N) is 2. The second kappa shape index (κ2) is 6.37. The van der Waals surface area contributed by atoms with Crippen molar-refractivity contribution in [1.29, 1.82) is 0 Å². The molecule has 1 aromatic heterocycles. The Hall–Kier alpha value is -1.18. The Morgan fingerprint density at radius 2 is 2.00 bits per heavy atom. The van der Waals surface area contributed by atoms with E-state index in [4.69, 9.17) is 4.52 Å². The third kappa shape index (κ3) is 3.22. The van der Waals surface area contributed by atoms with Gasteiger partial charge < -0.3 is 4.52 Å². The normalized spacial score (nSPS) is 19.6. The van der Waals surface area contributed by atoms with Crippen molar-refractivity contribution in [2.75, 3.05) is 6.54 Å². The Balaban J connectivity index is 1.92. The Kier molecular flexibility index (Phi) is 4.62. The lowest BCUT2D eigenvalue weighted by atomic mass is 10.1. The van der Waals surface area contributed by atoms with Gasteiger partial charge in [0.2, 0.25) is 10.0 Å². The fraction of sp³-hybridized carbons (Fsp3) is 0.438. The van der Waals surface area contributed by atoms with E-state index < -0.39 is 10.0 Å². The molecule has 1 aliphatic rings. The number of hydrogen-bond acceptors (Lipinski definition) is 4. The molecule has 0 saturated carbocycles. The van der Waals surface area contributed by atoms with Crippen molar-refractivity contribution in [1.82, 2.24) is 9.46 Å². The minimum Gasteiger partial charge on any atom is -0.361 e. The molecule has 1 atom stereocenters. The first-order valence-electron chi connectivity index (χ1n) is 7.63. The maximum absolute atomic E-state index is 12.9. The summed E-state index contributed by atoms with van der Waals surface area (Å²) < 4.78 is 33.6. The molecule has 0 unspecified atom stereocenters. The SMILES string of the molecule is CC(C)c1cc([C@@H]2CCCN2S(=O)(=O)c2ccc(Br)cc2)no1. The number of hydrogen-bond donors (Lipinski definition) is 0. The van der Waals surface area contributed by atoms with E-state index in [2.05, 4.69) is 21.1 Å². The van der Waals surface area contributed by atoms with Gasteiger partial charge in [0.1, 0.15) is 11.5 Å². The molecule has 0 aliphatic carbocycles. The first-order chi connectivity index (χ1) is 10.9. The summed E-state index contributed by atoms with van der Waals surface area (Å²) in [6.07, 6.45) is 1.59. The van der Waals surface area contributed by atoms with Gasteiger partial charge in [0.15, 0.2) is 0 Å². The van der Waals surface area contributed by atoms with Gasteiger partial charge in [0, 0.05) is 23.0 Å². The van der Waals surface area contributed by atoms with E-state index in [0.717, 1.165) is 23.1 Å². The summed E-state index contributed by atoms with van der Waals surface area (Å²) >= 11 is 3.33. The average Bonchev–Trinajstić information content (AvgIpc) is 3.16. The summed E-state index contributed by atoms with van der Waals surface area (Å²) in [5.41, 5.74) is 0.701. The summed E-state index contributed by atoms with van der Waals surface area (Å²) in [6, 6.07) is 8.36. The molecule has 1 fully saturated rings. The van der Waals surface area contributed by atoms with Crippen molar-refractivity contribution in [3.63, 3.8) is 0 Å². The van der Waals surface area contributed by atoms with Gasteiger partial charge in [-0.3, -0.25) is 0 Å². The average molecular weight is 399 g/mol. The van der Waals surface area contributed by atoms with Crippen LogP contribution >= 0.6 is 15.9 Å². The Morgan fingerprint density at radius 3 is 2.61 bits per heavy atom. The van der Waals surface area contributed by atoms with E-state index in [1.54, 1.807) is 24.3 Å². The third-order valence-corrected chi connectivity index (χ3v) is 6.53. The first-order valence-corrected chi connectivity index (χ1v) is 9.87. The van der Waals surface area contributed by atoms with E-state index in [-0.39, 0.29) is 12.0 Å². The predicted molar refractivity (Wildman–Crippen MR) is 90.6 cm³/mol. The standard InChI is InChI=1S/C16H19BrN2O3S/c1-11(2)16-10-14(18-22-16)15-4-3-9-19(15)23(20,21)13-7-5-12(17)6-8-13/h5-8,10-11,15H,3-4,9H2,1-2H3/t15-/m0/s1. The molecule has 1 aromatic carbocycles. The summed E-state index contributed by atoms with van der Waals surface area (Å²) in [6.45, 7) is 4.55. The van der Waals surface area contributed by atoms with Gasteiger partial charge in [-0.2, -0.15) is 4.31 Å². The topological polar surface area (TPSA) is 63.4 Å². The van der Waals surface area contributed by atoms with E-state index in [1.165, 1.54) is 4.31 Å². The molecule has 0 radical (unpaired) electrons. The number of rotatable bonds is 4. The molecular formula is C16H19BrN2O3S. The van der Waals surface area contributed by atoms with Crippen LogP contribution < -0.4 is 0 Å². The molecule has 0 bridgehead atoms. The molecule has 5 nitrogen and oxygen atoms in total. The van der Waals surface area contributed by atoms with Crippen LogP contribution in [0, 0.1) is 0 Å². The predicted octanol–water partition coefficient (Wildman–Crippen LogP) is 4.09. The van der Waals surface area contributed by atoms with Gasteiger partial charge in [-0.25, -0.2) is 8.42 Å². The van der Waals surface area contributed by atoms with Crippen molar-refractivity contribution >= 4 is 26.0 Å². The Morgan fingerprint density at radius 1 is 1.30 bits per heavy atom. The smallest absolute Gasteiger partial charge is 0.243 e. The van der Waals surface area contributed by atoms with Crippen molar-refractivity contribution in [2.45, 2.75) is 43.5 Å². The van der Waals surface area contributed by atoms with Gasteiger partial charge in [-0.15, -0.1) is 0 Å². The van der Waals surface area contributed by atoms with Gasteiger partial charge in [-0.1, -0.05) is 34.9 Å². The quantitative estimate of drug-likeness (QED) is 0.777. The maximum Gasteiger partial charge on any atom is 0.243 e. The lowest BCUT2D eigenvalue weighted by Gasteiger charge is -2.22. The number of aromatic nitrogens is 1. The molecule has 124 valence electrons. The highest BCUT2D eigenvalue weighted by molar-refractivity contribution is 9.10. The van der Waals surface area contributed by atoms with Gasteiger partial charge in [-0.05, 0) is 37.1 Å². The van der Waals surface area contributed by atoms with E-state index in [0.29, 0.717) is 17.1 Å². The highest BCUT2D eigenvalue weighted by atomic mass is 79.9. The zero-order valence-electron chi connectivity index (χ0n) is 13.1. The van der Waals surface area contributed by atoms with Crippen molar-refractivity contribution < 1.29 is 12.9 Å². The molecule has 23 heavy (non-hydrogen) atoms. The second-order valence-corrected chi connectivity index (χ2v) is 8.84. The van der Waals surface area contributed by atoms with E-state index in [9.17, 15) is 8.42 Å². The van der Waals surface area contributed by atoms with Crippen LogP contribution in [-0.2, 0) is 10.0 Å². The van der Waals surface area contributed by atoms with Crippen LogP contribution in [0.1, 0.15) is 50.1 Å². The molecule has 2 aromatic rings. The molecule has 0 amide bonds. The van der Waals surface area contributed by atoms with Crippen molar-refractivity contribution in [3.05, 3.63) is 46.3 Å². The highest BCUT2D eigenvalue weighted by Crippen LogP contribution is 2.37. The third-order valence-electron chi connectivity index (χ3n) is 4.08. The Labute approximate surface area is 144 Å². The van der Waals surface area contributed by atoms with Crippen LogP contribution in [0.25, 0.3) is 0 Å². The first kappa shape index (κ1) is 16.7. The van der Waals surface area contributed by atoms with E-state index in [1.807, 2.05) is 19.9 Å². The van der Waals surface area contributed by atoms with Crippen LogP contribution in [0.3, 0.4) is 0 Å². The highest BCUT2D eigenvalue weighted by Gasteiger charge is 2.37. The molecule has 1 aliphatic heterocycles. The summed E-state index contributed by atoms with van der Waals surface area (Å²) in [5, 5.41) is 4.10. The Bertz CT molecular complexity index is 784. The minimum absolute atomic E-state index is 0.231. The van der Waals surface area contributed by atoms with Gasteiger partial charge >= 0.3 is 0 Å². The number of halogens is 1. The second-order valence-electron chi connectivity index (χ2n) is 6.04. The van der Waals surface area contributed by atoms with Crippen LogP contribution in [0.2, 0.25) is 0 Å². The van der Waals surface area contributed by atoms with Gasteiger partial charge in [0.05, 0.1) is 10.9 Å². The molecule has 0 spiro atoms. The monoisotopic (exact) mass is 398 g/mol. The molecule has 1 saturated heterocycles. The number of benzene rings is 1.